The Kier molecular flexibility index (Phi) is 6.46. The van der Waals surface area contributed by atoms with E-state index in [0.717, 1.165) is 5.56 Å². The summed E-state index contributed by atoms with van der Waals surface area (Å²) in [6, 6.07) is 8.68. The molecule has 0 bridgehead atoms. The van der Waals surface area contributed by atoms with Crippen molar-refractivity contribution in [1.82, 2.24) is 10.6 Å². The van der Waals surface area contributed by atoms with Crippen molar-refractivity contribution in [2.24, 2.45) is 0 Å². The zero-order chi connectivity index (χ0) is 16.6. The molecule has 0 aliphatic heterocycles. The van der Waals surface area contributed by atoms with E-state index in [0.29, 0.717) is 0 Å². The molecule has 0 spiro atoms. The van der Waals surface area contributed by atoms with Gasteiger partial charge in [-0.3, -0.25) is 4.79 Å². The van der Waals surface area contributed by atoms with Crippen LogP contribution in [-0.2, 0) is 9.53 Å². The van der Waals surface area contributed by atoms with Crippen molar-refractivity contribution in [1.29, 1.82) is 0 Å². The third kappa shape index (κ3) is 6.80. The quantitative estimate of drug-likeness (QED) is 0.840. The summed E-state index contributed by atoms with van der Waals surface area (Å²) in [5.41, 5.74) is 0.239. The smallest absolute Gasteiger partial charge is 0.408 e. The molecule has 118 valence electrons. The first-order valence-electron chi connectivity index (χ1n) is 7.07. The van der Waals surface area contributed by atoms with Gasteiger partial charge in [-0.2, -0.15) is 0 Å². The molecule has 0 aromatic heterocycles. The van der Waals surface area contributed by atoms with Crippen molar-refractivity contribution in [3.05, 3.63) is 35.9 Å². The maximum absolute atomic E-state index is 11.8. The molecule has 0 radical (unpaired) electrons. The van der Waals surface area contributed by atoms with Gasteiger partial charge in [0.15, 0.2) is 0 Å². The monoisotopic (exact) mass is 302 g/mol. The van der Waals surface area contributed by atoms with Crippen molar-refractivity contribution in [2.75, 3.05) is 7.05 Å². The van der Waals surface area contributed by atoms with Crippen molar-refractivity contribution in [3.8, 4) is 11.8 Å². The Morgan fingerprint density at radius 2 is 1.86 bits per heavy atom. The summed E-state index contributed by atoms with van der Waals surface area (Å²) in [7, 11) is 1.51. The van der Waals surface area contributed by atoms with Crippen molar-refractivity contribution in [3.63, 3.8) is 0 Å². The van der Waals surface area contributed by atoms with E-state index in [1.165, 1.54) is 7.05 Å². The third-order valence-electron chi connectivity index (χ3n) is 2.57. The summed E-state index contributed by atoms with van der Waals surface area (Å²) in [5.74, 6) is 5.55. The van der Waals surface area contributed by atoms with Gasteiger partial charge in [0, 0.05) is 19.0 Å². The third-order valence-corrected chi connectivity index (χ3v) is 2.57. The van der Waals surface area contributed by atoms with E-state index in [1.54, 1.807) is 20.8 Å². The lowest BCUT2D eigenvalue weighted by Gasteiger charge is -2.22. The number of alkyl carbamates (subject to hydrolysis) is 1. The Bertz CT molecular complexity index is 565. The van der Waals surface area contributed by atoms with Crippen LogP contribution in [0.3, 0.4) is 0 Å². The molecule has 5 heteroatoms. The second kappa shape index (κ2) is 8.08. The number of benzene rings is 1. The first-order valence-corrected chi connectivity index (χ1v) is 7.07. The van der Waals surface area contributed by atoms with Gasteiger partial charge >= 0.3 is 6.09 Å². The van der Waals surface area contributed by atoms with Gasteiger partial charge in [0.25, 0.3) is 0 Å². The van der Waals surface area contributed by atoms with Gasteiger partial charge < -0.3 is 15.4 Å². The molecule has 1 atom stereocenters. The van der Waals surface area contributed by atoms with E-state index < -0.39 is 17.7 Å². The van der Waals surface area contributed by atoms with Crippen molar-refractivity contribution in [2.45, 2.75) is 38.8 Å². The molecule has 0 saturated carbocycles. The number of ether oxygens (including phenoxy) is 1. The summed E-state index contributed by atoms with van der Waals surface area (Å²) in [6.45, 7) is 5.28. The minimum absolute atomic E-state index is 0.202. The highest BCUT2D eigenvalue weighted by molar-refractivity contribution is 5.85. The van der Waals surface area contributed by atoms with Crippen molar-refractivity contribution >= 4 is 12.0 Å². The fourth-order valence-electron chi connectivity index (χ4n) is 1.61. The van der Waals surface area contributed by atoms with Crippen molar-refractivity contribution < 1.29 is 14.3 Å². The summed E-state index contributed by atoms with van der Waals surface area (Å²) in [4.78, 5) is 23.6. The zero-order valence-electron chi connectivity index (χ0n) is 13.4. The summed E-state index contributed by atoms with van der Waals surface area (Å²) in [5, 5.41) is 5.04. The maximum atomic E-state index is 11.8. The van der Waals surface area contributed by atoms with Gasteiger partial charge in [0.2, 0.25) is 5.91 Å². The first kappa shape index (κ1) is 17.6. The van der Waals surface area contributed by atoms with Crippen LogP contribution in [0.2, 0.25) is 0 Å². The fourth-order valence-corrected chi connectivity index (χ4v) is 1.61. The van der Waals surface area contributed by atoms with Crippen LogP contribution in [0.4, 0.5) is 4.79 Å². The average Bonchev–Trinajstić information content (AvgIpc) is 2.44. The fraction of sp³-hybridized carbons (Fsp3) is 0.412. The van der Waals surface area contributed by atoms with Crippen LogP contribution in [-0.4, -0.2) is 30.7 Å². The first-order chi connectivity index (χ1) is 10.3. The van der Waals surface area contributed by atoms with Crippen LogP contribution in [0.25, 0.3) is 0 Å². The highest BCUT2D eigenvalue weighted by Crippen LogP contribution is 2.07. The molecule has 5 nitrogen and oxygen atoms in total. The lowest BCUT2D eigenvalue weighted by Crippen LogP contribution is -2.47. The van der Waals surface area contributed by atoms with E-state index in [9.17, 15) is 9.59 Å². The molecule has 0 heterocycles. The number of rotatable bonds is 3. The highest BCUT2D eigenvalue weighted by atomic mass is 16.6. The number of nitrogens with one attached hydrogen (secondary N) is 2. The Morgan fingerprint density at radius 3 is 2.41 bits per heavy atom. The Balaban J connectivity index is 2.68. The Morgan fingerprint density at radius 1 is 1.23 bits per heavy atom. The van der Waals surface area contributed by atoms with E-state index >= 15 is 0 Å². The van der Waals surface area contributed by atoms with Gasteiger partial charge in [-0.25, -0.2) is 4.79 Å². The highest BCUT2D eigenvalue weighted by Gasteiger charge is 2.22. The molecular weight excluding hydrogens is 280 g/mol. The van der Waals surface area contributed by atoms with E-state index in [4.69, 9.17) is 4.74 Å². The minimum Gasteiger partial charge on any atom is -0.444 e. The standard InChI is InChI=1S/C17H22N2O3/c1-17(2,3)22-16(21)19-14(15(20)18-4)12-8-11-13-9-6-5-7-10-13/h5-7,9-10,14H,12H2,1-4H3,(H,18,20)(H,19,21)/t14-/m0/s1. The lowest BCUT2D eigenvalue weighted by atomic mass is 10.1. The summed E-state index contributed by atoms with van der Waals surface area (Å²) in [6.07, 6.45) is -0.434. The molecule has 0 saturated heterocycles. The molecule has 1 rings (SSSR count). The summed E-state index contributed by atoms with van der Waals surface area (Å²) >= 11 is 0. The van der Waals surface area contributed by atoms with Crippen LogP contribution in [0.15, 0.2) is 30.3 Å². The molecule has 0 fully saturated rings. The SMILES string of the molecule is CNC(=O)[C@H](CC#Cc1ccccc1)NC(=O)OC(C)(C)C. The predicted molar refractivity (Wildman–Crippen MR) is 85.2 cm³/mol. The Labute approximate surface area is 131 Å². The van der Waals surface area contributed by atoms with Gasteiger partial charge in [-0.05, 0) is 32.9 Å². The van der Waals surface area contributed by atoms with Crippen LogP contribution in [0.5, 0.6) is 0 Å². The minimum atomic E-state index is -0.754. The van der Waals surface area contributed by atoms with E-state index in [-0.39, 0.29) is 12.3 Å². The van der Waals surface area contributed by atoms with Crippen LogP contribution in [0, 0.1) is 11.8 Å². The predicted octanol–water partition coefficient (Wildman–Crippen LogP) is 2.07. The van der Waals surface area contributed by atoms with Gasteiger partial charge in [-0.15, -0.1) is 0 Å². The molecule has 2 N–H and O–H groups in total. The average molecular weight is 302 g/mol. The number of carbonyl (C=O) groups is 2. The number of hydrogen-bond acceptors (Lipinski definition) is 3. The van der Waals surface area contributed by atoms with Gasteiger partial charge in [0.1, 0.15) is 11.6 Å². The number of amides is 2. The molecule has 0 aliphatic carbocycles. The second-order valence-electron chi connectivity index (χ2n) is 5.68. The molecule has 1 aromatic rings. The van der Waals surface area contributed by atoms with Crippen LogP contribution < -0.4 is 10.6 Å². The second-order valence-corrected chi connectivity index (χ2v) is 5.68. The molecular formula is C17H22N2O3. The summed E-state index contributed by atoms with van der Waals surface area (Å²) < 4.78 is 5.15. The number of likely N-dealkylation sites (N-methyl/N-ethyl adjacent to an activating group) is 1. The number of hydrogen-bond donors (Lipinski definition) is 2. The van der Waals surface area contributed by atoms with Crippen LogP contribution in [0.1, 0.15) is 32.8 Å². The maximum Gasteiger partial charge on any atom is 0.408 e. The number of carbonyl (C=O) groups excluding carboxylic acids is 2. The zero-order valence-corrected chi connectivity index (χ0v) is 13.4. The molecule has 1 aromatic carbocycles. The largest absolute Gasteiger partial charge is 0.444 e. The molecule has 0 unspecified atom stereocenters. The molecule has 0 aliphatic rings. The van der Waals surface area contributed by atoms with Crippen LogP contribution >= 0.6 is 0 Å². The lowest BCUT2D eigenvalue weighted by molar-refractivity contribution is -0.122. The molecule has 22 heavy (non-hydrogen) atoms. The van der Waals surface area contributed by atoms with Gasteiger partial charge in [-0.1, -0.05) is 30.0 Å². The van der Waals surface area contributed by atoms with E-state index in [2.05, 4.69) is 22.5 Å². The van der Waals surface area contributed by atoms with E-state index in [1.807, 2.05) is 30.3 Å². The normalized spacial score (nSPS) is 11.6. The Hall–Kier alpha value is -2.48. The van der Waals surface area contributed by atoms with Gasteiger partial charge in [0.05, 0.1) is 0 Å². The molecule has 2 amide bonds. The topological polar surface area (TPSA) is 67.4 Å².